The van der Waals surface area contributed by atoms with Crippen LogP contribution in [0.5, 0.6) is 0 Å². The third-order valence-corrected chi connectivity index (χ3v) is 5.90. The van der Waals surface area contributed by atoms with Crippen molar-refractivity contribution >= 4 is 0 Å². The molecule has 0 aromatic rings. The summed E-state index contributed by atoms with van der Waals surface area (Å²) in [5.41, 5.74) is 1.68. The standard InChI is InChI=1S/C11H16/c1-10(2)8-4-3-6-7-5-11(8,10)9(6)7/h6-9H,3-5H2,1-2H3/t6-,7?,8?,9+,11?/m1/s1. The number of fused-ring (bicyclic) bond motifs is 1. The highest BCUT2D eigenvalue weighted by molar-refractivity contribution is 5.36. The first-order valence-electron chi connectivity index (χ1n) is 5.19. The summed E-state index contributed by atoms with van der Waals surface area (Å²) in [5, 5.41) is 0. The molecule has 0 bridgehead atoms. The van der Waals surface area contributed by atoms with Gasteiger partial charge >= 0.3 is 0 Å². The average molecular weight is 148 g/mol. The molecule has 4 aliphatic rings. The van der Waals surface area contributed by atoms with E-state index < -0.39 is 0 Å². The monoisotopic (exact) mass is 148 g/mol. The lowest BCUT2D eigenvalue weighted by Gasteiger charge is -2.29. The van der Waals surface area contributed by atoms with Crippen molar-refractivity contribution in [1.82, 2.24) is 0 Å². The van der Waals surface area contributed by atoms with E-state index in [9.17, 15) is 0 Å². The second-order valence-corrected chi connectivity index (χ2v) is 5.95. The van der Waals surface area contributed by atoms with Crippen LogP contribution in [0.25, 0.3) is 0 Å². The second-order valence-electron chi connectivity index (χ2n) is 5.95. The van der Waals surface area contributed by atoms with Crippen LogP contribution < -0.4 is 0 Å². The Kier molecular flexibility index (Phi) is 0.567. The van der Waals surface area contributed by atoms with Crippen molar-refractivity contribution in [2.45, 2.75) is 33.1 Å². The molecule has 4 saturated carbocycles. The lowest BCUT2D eigenvalue weighted by atomic mass is 9.75. The van der Waals surface area contributed by atoms with Crippen molar-refractivity contribution in [1.29, 1.82) is 0 Å². The zero-order valence-corrected chi connectivity index (χ0v) is 7.43. The van der Waals surface area contributed by atoms with Gasteiger partial charge in [0.05, 0.1) is 0 Å². The van der Waals surface area contributed by atoms with Crippen LogP contribution in [-0.2, 0) is 0 Å². The van der Waals surface area contributed by atoms with Gasteiger partial charge in [0.2, 0.25) is 0 Å². The summed E-state index contributed by atoms with van der Waals surface area (Å²) in [7, 11) is 0. The number of hydrogen-bond donors (Lipinski definition) is 0. The maximum atomic E-state index is 2.52. The fourth-order valence-corrected chi connectivity index (χ4v) is 5.29. The molecular weight excluding hydrogens is 132 g/mol. The van der Waals surface area contributed by atoms with E-state index in [1.165, 1.54) is 17.8 Å². The Morgan fingerprint density at radius 3 is 2.64 bits per heavy atom. The molecule has 5 atom stereocenters. The SMILES string of the molecule is CC1(C)C2CC[C@@H]3C4CC21[C@H]43. The third kappa shape index (κ3) is 0.316. The van der Waals surface area contributed by atoms with E-state index >= 15 is 0 Å². The summed E-state index contributed by atoms with van der Waals surface area (Å²) in [6.45, 7) is 5.04. The molecule has 60 valence electrons. The van der Waals surface area contributed by atoms with Crippen LogP contribution in [0.2, 0.25) is 0 Å². The number of rotatable bonds is 0. The van der Waals surface area contributed by atoms with Crippen LogP contribution in [0.1, 0.15) is 33.1 Å². The minimum Gasteiger partial charge on any atom is -0.0591 e. The van der Waals surface area contributed by atoms with Gasteiger partial charge in [0.1, 0.15) is 0 Å². The molecular formula is C11H16. The highest BCUT2D eigenvalue weighted by Crippen LogP contribution is 2.94. The highest BCUT2D eigenvalue weighted by Gasteiger charge is 2.88. The van der Waals surface area contributed by atoms with Crippen molar-refractivity contribution in [3.8, 4) is 0 Å². The van der Waals surface area contributed by atoms with Gasteiger partial charge in [0.25, 0.3) is 0 Å². The zero-order chi connectivity index (χ0) is 7.43. The lowest BCUT2D eigenvalue weighted by Crippen LogP contribution is -2.24. The molecule has 3 unspecified atom stereocenters. The summed E-state index contributed by atoms with van der Waals surface area (Å²) < 4.78 is 0. The van der Waals surface area contributed by atoms with Crippen LogP contribution in [0.3, 0.4) is 0 Å². The van der Waals surface area contributed by atoms with Gasteiger partial charge in [-0.05, 0) is 53.8 Å². The van der Waals surface area contributed by atoms with Crippen LogP contribution in [0, 0.1) is 34.5 Å². The topological polar surface area (TPSA) is 0 Å². The summed E-state index contributed by atoms with van der Waals surface area (Å²) in [6.07, 6.45) is 4.79. The summed E-state index contributed by atoms with van der Waals surface area (Å²) in [5.74, 6) is 4.82. The molecule has 0 radical (unpaired) electrons. The largest absolute Gasteiger partial charge is 0.0591 e. The van der Waals surface area contributed by atoms with Crippen molar-refractivity contribution in [3.05, 3.63) is 0 Å². The lowest BCUT2D eigenvalue weighted by molar-refractivity contribution is 0.182. The predicted molar refractivity (Wildman–Crippen MR) is 44.0 cm³/mol. The smallest absolute Gasteiger partial charge is 0.0173 e. The molecule has 0 saturated heterocycles. The van der Waals surface area contributed by atoms with Crippen molar-refractivity contribution in [2.75, 3.05) is 0 Å². The molecule has 0 aliphatic heterocycles. The molecule has 0 nitrogen and oxygen atoms in total. The quantitative estimate of drug-likeness (QED) is 0.495. The molecule has 4 aliphatic carbocycles. The maximum Gasteiger partial charge on any atom is -0.0173 e. The molecule has 4 fully saturated rings. The Hall–Kier alpha value is 0. The first-order valence-corrected chi connectivity index (χ1v) is 5.19. The molecule has 1 spiro atoms. The van der Waals surface area contributed by atoms with Gasteiger partial charge in [-0.2, -0.15) is 0 Å². The van der Waals surface area contributed by atoms with E-state index in [0.29, 0.717) is 0 Å². The molecule has 0 N–H and O–H groups in total. The highest BCUT2D eigenvalue weighted by atomic mass is 14.9. The second kappa shape index (κ2) is 1.11. The predicted octanol–water partition coefficient (Wildman–Crippen LogP) is 2.69. The van der Waals surface area contributed by atoms with Gasteiger partial charge in [-0.25, -0.2) is 0 Å². The van der Waals surface area contributed by atoms with E-state index in [1.807, 2.05) is 0 Å². The summed E-state index contributed by atoms with van der Waals surface area (Å²) in [6, 6.07) is 0. The fourth-order valence-electron chi connectivity index (χ4n) is 5.29. The van der Waals surface area contributed by atoms with Crippen molar-refractivity contribution in [2.24, 2.45) is 34.5 Å². The number of hydrogen-bond acceptors (Lipinski definition) is 0. The van der Waals surface area contributed by atoms with E-state index in [0.717, 1.165) is 16.7 Å². The maximum absolute atomic E-state index is 2.52. The minimum atomic E-state index is 0.763. The Labute approximate surface area is 68.4 Å². The van der Waals surface area contributed by atoms with Gasteiger partial charge in [0.15, 0.2) is 0 Å². The molecule has 0 aromatic carbocycles. The Balaban J connectivity index is 1.87. The molecule has 0 heteroatoms. The van der Waals surface area contributed by atoms with E-state index in [2.05, 4.69) is 13.8 Å². The summed E-state index contributed by atoms with van der Waals surface area (Å²) in [4.78, 5) is 0. The van der Waals surface area contributed by atoms with E-state index in [-0.39, 0.29) is 0 Å². The Morgan fingerprint density at radius 2 is 1.91 bits per heavy atom. The van der Waals surface area contributed by atoms with Crippen LogP contribution in [0.4, 0.5) is 0 Å². The van der Waals surface area contributed by atoms with Gasteiger partial charge in [0, 0.05) is 0 Å². The van der Waals surface area contributed by atoms with Crippen LogP contribution in [-0.4, -0.2) is 0 Å². The van der Waals surface area contributed by atoms with E-state index in [4.69, 9.17) is 0 Å². The van der Waals surface area contributed by atoms with E-state index in [1.54, 1.807) is 19.3 Å². The fraction of sp³-hybridized carbons (Fsp3) is 1.00. The average Bonchev–Trinajstić information content (AvgIpc) is 2.65. The first-order chi connectivity index (χ1) is 5.19. The molecule has 4 rings (SSSR count). The van der Waals surface area contributed by atoms with Gasteiger partial charge in [-0.3, -0.25) is 0 Å². The summed E-state index contributed by atoms with van der Waals surface area (Å²) >= 11 is 0. The minimum absolute atomic E-state index is 0.763. The van der Waals surface area contributed by atoms with Gasteiger partial charge in [-0.15, -0.1) is 0 Å². The molecule has 11 heavy (non-hydrogen) atoms. The molecule has 0 amide bonds. The normalized spacial score (nSPS) is 72.5. The van der Waals surface area contributed by atoms with Crippen molar-refractivity contribution in [3.63, 3.8) is 0 Å². The van der Waals surface area contributed by atoms with Gasteiger partial charge < -0.3 is 0 Å². The van der Waals surface area contributed by atoms with Gasteiger partial charge in [-0.1, -0.05) is 13.8 Å². The third-order valence-electron chi connectivity index (χ3n) is 5.90. The molecule has 0 heterocycles. The Morgan fingerprint density at radius 1 is 1.09 bits per heavy atom. The van der Waals surface area contributed by atoms with Crippen LogP contribution in [0.15, 0.2) is 0 Å². The zero-order valence-electron chi connectivity index (χ0n) is 7.43. The first kappa shape index (κ1) is 5.61. The molecule has 0 aromatic heterocycles. The van der Waals surface area contributed by atoms with Crippen molar-refractivity contribution < 1.29 is 0 Å². The van der Waals surface area contributed by atoms with Crippen LogP contribution >= 0.6 is 0 Å². The Bertz CT molecular complexity index is 253.